The summed E-state index contributed by atoms with van der Waals surface area (Å²) in [6.07, 6.45) is -0.780. The van der Waals surface area contributed by atoms with Crippen LogP contribution in [-0.4, -0.2) is 23.9 Å². The van der Waals surface area contributed by atoms with Gasteiger partial charge in [0.1, 0.15) is 23.0 Å². The first kappa shape index (κ1) is 56.2. The lowest BCUT2D eigenvalue weighted by Crippen LogP contribution is -2.16. The number of nitriles is 4. The average Bonchev–Trinajstić information content (AvgIpc) is 3.45. The lowest BCUT2D eigenvalue weighted by molar-refractivity contribution is 0.0722. The quantitative estimate of drug-likeness (QED) is 0.0829. The van der Waals surface area contributed by atoms with Gasteiger partial charge in [-0.05, 0) is 119 Å². The highest BCUT2D eigenvalue weighted by Gasteiger charge is 2.28. The lowest BCUT2D eigenvalue weighted by Gasteiger charge is -2.23. The minimum Gasteiger partial charge on any atom is -0.422 e. The molecule has 0 aromatic heterocycles. The number of nitrogens with zero attached hydrogens (tertiary/aromatic N) is 4. The molecule has 80 heavy (non-hydrogen) atoms. The molecule has 0 heterocycles. The van der Waals surface area contributed by atoms with E-state index >= 15 is 0 Å². The van der Waals surface area contributed by atoms with Crippen LogP contribution >= 0.6 is 63.7 Å². The Kier molecular flexibility index (Phi) is 18.0. The molecule has 0 atom stereocenters. The van der Waals surface area contributed by atoms with Crippen molar-refractivity contribution in [1.82, 2.24) is 0 Å². The lowest BCUT2D eigenvalue weighted by atomic mass is 9.87. The molecule has 0 N–H and O–H groups in total. The highest BCUT2D eigenvalue weighted by molar-refractivity contribution is 9.11. The molecule has 0 aliphatic heterocycles. The molecule has 8 aromatic carbocycles. The predicted molar refractivity (Wildman–Crippen MR) is 311 cm³/mol. The number of carbonyl (C=O) groups excluding carboxylic acids is 4. The predicted octanol–water partition coefficient (Wildman–Crippen LogP) is 14.6. The number of halogens is 4. The van der Waals surface area contributed by atoms with Gasteiger partial charge in [0.25, 0.3) is 0 Å². The maximum atomic E-state index is 14.5. The molecule has 0 fully saturated rings. The molecule has 1 aliphatic carbocycles. The van der Waals surface area contributed by atoms with Gasteiger partial charge >= 0.3 is 23.9 Å². The molecule has 8 aromatic rings. The van der Waals surface area contributed by atoms with Gasteiger partial charge in [-0.15, -0.1) is 0 Å². The molecule has 0 unspecified atom stereocenters. The van der Waals surface area contributed by atoms with E-state index in [1.165, 1.54) is 0 Å². The van der Waals surface area contributed by atoms with E-state index in [4.69, 9.17) is 18.9 Å². The molecule has 9 rings (SSSR count). The summed E-state index contributed by atoms with van der Waals surface area (Å²) in [6.45, 7) is 0. The number of hydrogen-bond donors (Lipinski definition) is 0. The fraction of sp³-hybridized carbons (Fsp3) is 0.125. The van der Waals surface area contributed by atoms with Crippen molar-refractivity contribution in [2.45, 2.75) is 51.4 Å². The largest absolute Gasteiger partial charge is 0.422 e. The van der Waals surface area contributed by atoms with Crippen LogP contribution in [0.1, 0.15) is 108 Å². The minimum atomic E-state index is -0.721. The normalized spacial score (nSPS) is 11.4. The number of hydrogen-bond acceptors (Lipinski definition) is 12. The first-order chi connectivity index (χ1) is 38.7. The van der Waals surface area contributed by atoms with Crippen LogP contribution in [0, 0.1) is 45.3 Å². The maximum Gasteiger partial charge on any atom is 0.343 e. The number of carbonyl (C=O) groups is 4. The molecular formula is C64H40Br4N4O8. The van der Waals surface area contributed by atoms with Crippen LogP contribution in [0.3, 0.4) is 0 Å². The van der Waals surface area contributed by atoms with E-state index in [0.29, 0.717) is 66.8 Å². The smallest absolute Gasteiger partial charge is 0.343 e. The van der Waals surface area contributed by atoms with Gasteiger partial charge in [-0.2, -0.15) is 21.0 Å². The van der Waals surface area contributed by atoms with Crippen LogP contribution in [0.4, 0.5) is 0 Å². The van der Waals surface area contributed by atoms with E-state index in [1.807, 2.05) is 0 Å². The summed E-state index contributed by atoms with van der Waals surface area (Å²) in [5, 5.41) is 41.0. The molecule has 392 valence electrons. The molecule has 1 aliphatic rings. The van der Waals surface area contributed by atoms with Gasteiger partial charge in [0, 0.05) is 88.1 Å². The highest BCUT2D eigenvalue weighted by atomic mass is 79.9. The third-order valence-electron chi connectivity index (χ3n) is 13.0. The molecule has 8 bridgehead atoms. The number of fused-ring (bicyclic) bond motifs is 8. The van der Waals surface area contributed by atoms with Crippen molar-refractivity contribution in [2.75, 3.05) is 0 Å². The standard InChI is InChI=1S/C64H40Br4N4O8/c65-53-9-1-41(2-10-53)61(73)77-57-45-25-37(17-21-69)26-46(57)34-48-28-39(19-23-71)30-50(59(48)79-63(75)43-5-13-55(67)14-6-43)36-52-32-40(20-24-72)31-51(60(52)80-64(76)44-7-15-56(68)16-8-44)35-49-29-38(18-22-70)27-47(33-45)58(49)78-62(74)42-3-11-54(66)12-4-42/h1-16,25-32H,17-20,33-36H2. The Labute approximate surface area is 494 Å². The second kappa shape index (κ2) is 25.5. The van der Waals surface area contributed by atoms with Crippen molar-refractivity contribution >= 4 is 87.6 Å². The second-order valence-corrected chi connectivity index (χ2v) is 22.3. The van der Waals surface area contributed by atoms with E-state index in [0.717, 1.165) is 17.9 Å². The van der Waals surface area contributed by atoms with E-state index in [9.17, 15) is 40.2 Å². The Hall–Kier alpha value is -8.48. The fourth-order valence-electron chi connectivity index (χ4n) is 9.43. The number of benzene rings is 8. The summed E-state index contributed by atoms with van der Waals surface area (Å²) in [4.78, 5) is 57.9. The zero-order chi connectivity index (χ0) is 56.5. The zero-order valence-corrected chi connectivity index (χ0v) is 48.4. The monoisotopic (exact) mass is 1310 g/mol. The Morgan fingerprint density at radius 2 is 0.475 bits per heavy atom. The molecule has 12 nitrogen and oxygen atoms in total. The van der Waals surface area contributed by atoms with Crippen molar-refractivity contribution in [3.63, 3.8) is 0 Å². The summed E-state index contributed by atoms with van der Waals surface area (Å²) in [6, 6.07) is 49.3. The van der Waals surface area contributed by atoms with E-state index in [1.54, 1.807) is 146 Å². The van der Waals surface area contributed by atoms with Crippen molar-refractivity contribution in [1.29, 1.82) is 21.0 Å². The van der Waals surface area contributed by atoms with Gasteiger partial charge in [-0.1, -0.05) is 112 Å². The average molecular weight is 1310 g/mol. The summed E-state index contributed by atoms with van der Waals surface area (Å²) >= 11 is 13.8. The van der Waals surface area contributed by atoms with E-state index < -0.39 is 23.9 Å². The van der Waals surface area contributed by atoms with Crippen LogP contribution in [0.5, 0.6) is 23.0 Å². The summed E-state index contributed by atoms with van der Waals surface area (Å²) in [7, 11) is 0. The minimum absolute atomic E-state index is 0.0847. The van der Waals surface area contributed by atoms with Crippen LogP contribution in [-0.2, 0) is 51.4 Å². The van der Waals surface area contributed by atoms with Crippen molar-refractivity contribution in [2.24, 2.45) is 0 Å². The summed E-state index contributed by atoms with van der Waals surface area (Å²) in [5.74, 6) is -2.51. The molecule has 0 saturated carbocycles. The fourth-order valence-corrected chi connectivity index (χ4v) is 10.5. The van der Waals surface area contributed by atoms with E-state index in [2.05, 4.69) is 88.0 Å². The third-order valence-corrected chi connectivity index (χ3v) is 15.1. The van der Waals surface area contributed by atoms with Crippen LogP contribution in [0.25, 0.3) is 0 Å². The van der Waals surface area contributed by atoms with Crippen molar-refractivity contribution < 1.29 is 38.1 Å². The third kappa shape index (κ3) is 13.5. The molecule has 0 saturated heterocycles. The first-order valence-corrected chi connectivity index (χ1v) is 27.8. The SMILES string of the molecule is N#CCc1cc2c(OC(=O)c3ccc(Br)cc3)c(c1)Cc1cc(CC#N)cc(c1OC(=O)c1ccc(Br)cc1)Cc1cc(CC#N)cc(c1OC(=O)c1ccc(Br)cc1)Cc1cc(CC#N)cc(c1OC(=O)c1ccc(Br)cc1)C2. The Morgan fingerprint density at radius 1 is 0.312 bits per heavy atom. The molecule has 16 heteroatoms. The van der Waals surface area contributed by atoms with E-state index in [-0.39, 0.29) is 96.6 Å². The van der Waals surface area contributed by atoms with Gasteiger partial charge in [0.05, 0.1) is 72.2 Å². The van der Waals surface area contributed by atoms with Gasteiger partial charge in [-0.3, -0.25) is 0 Å². The second-order valence-electron chi connectivity index (χ2n) is 18.6. The van der Waals surface area contributed by atoms with Crippen molar-refractivity contribution in [3.8, 4) is 47.3 Å². The summed E-state index contributed by atoms with van der Waals surface area (Å²) in [5.41, 5.74) is 6.06. The highest BCUT2D eigenvalue weighted by Crippen LogP contribution is 2.42. The van der Waals surface area contributed by atoms with Crippen LogP contribution in [0.15, 0.2) is 163 Å². The summed E-state index contributed by atoms with van der Waals surface area (Å²) < 4.78 is 28.9. The van der Waals surface area contributed by atoms with Gasteiger partial charge in [-0.25, -0.2) is 19.2 Å². The number of esters is 4. The zero-order valence-electron chi connectivity index (χ0n) is 42.1. The Morgan fingerprint density at radius 3 is 0.625 bits per heavy atom. The number of ether oxygens (including phenoxy) is 4. The van der Waals surface area contributed by atoms with Crippen molar-refractivity contribution in [3.05, 3.63) is 252 Å². The van der Waals surface area contributed by atoms with Gasteiger partial charge < -0.3 is 18.9 Å². The first-order valence-electron chi connectivity index (χ1n) is 24.7. The van der Waals surface area contributed by atoms with Gasteiger partial charge in [0.2, 0.25) is 0 Å². The van der Waals surface area contributed by atoms with Gasteiger partial charge in [0.15, 0.2) is 0 Å². The van der Waals surface area contributed by atoms with Crippen LogP contribution in [0.2, 0.25) is 0 Å². The van der Waals surface area contributed by atoms with Crippen LogP contribution < -0.4 is 18.9 Å². The number of rotatable bonds is 12. The topological polar surface area (TPSA) is 200 Å². The molecule has 0 spiro atoms. The molecule has 0 amide bonds. The molecule has 0 radical (unpaired) electrons. The Bertz CT molecular complexity index is 3340. The Balaban J connectivity index is 1.38. The maximum absolute atomic E-state index is 14.5. The molecular weight excluding hydrogens is 1270 g/mol.